The first kappa shape index (κ1) is 8.68. The zero-order valence-corrected chi connectivity index (χ0v) is 6.75. The van der Waals surface area contributed by atoms with Gasteiger partial charge in [-0.2, -0.15) is 0 Å². The zero-order valence-electron chi connectivity index (χ0n) is 6.75. The molecule has 1 aliphatic rings. The number of ketones is 1. The fourth-order valence-corrected chi connectivity index (χ4v) is 1.32. The maximum Gasteiger partial charge on any atom is 0.132 e. The van der Waals surface area contributed by atoms with Crippen LogP contribution < -0.4 is 0 Å². The molecule has 1 N–H and O–H groups in total. The van der Waals surface area contributed by atoms with Crippen molar-refractivity contribution in [1.82, 2.24) is 0 Å². The van der Waals surface area contributed by atoms with E-state index in [9.17, 15) is 9.90 Å². The average Bonchev–Trinajstić information content (AvgIpc) is 2.35. The molecule has 0 saturated carbocycles. The van der Waals surface area contributed by atoms with Gasteiger partial charge < -0.3 is 9.84 Å². The Morgan fingerprint density at radius 1 is 1.82 bits per heavy atom. The van der Waals surface area contributed by atoms with Crippen LogP contribution in [-0.4, -0.2) is 30.2 Å². The summed E-state index contributed by atoms with van der Waals surface area (Å²) in [6.07, 6.45) is 0.664. The predicted octanol–water partition coefficient (Wildman–Crippen LogP) is 0.363. The lowest BCUT2D eigenvalue weighted by Gasteiger charge is -2.13. The highest BCUT2D eigenvalue weighted by atomic mass is 16.5. The van der Waals surface area contributed by atoms with Crippen molar-refractivity contribution in [3.05, 3.63) is 0 Å². The molecule has 0 aromatic carbocycles. The summed E-state index contributed by atoms with van der Waals surface area (Å²) in [7, 11) is 0. The Morgan fingerprint density at radius 2 is 2.55 bits per heavy atom. The SMILES string of the molecule is CC(=O)C[C@@H](O)C1CCOC1. The molecule has 0 aromatic heterocycles. The molecule has 0 aromatic rings. The van der Waals surface area contributed by atoms with Gasteiger partial charge in [-0.3, -0.25) is 4.79 Å². The number of ether oxygens (including phenoxy) is 1. The summed E-state index contributed by atoms with van der Waals surface area (Å²) in [5.74, 6) is 0.225. The molecule has 0 radical (unpaired) electrons. The molecular formula is C8H14O3. The highest BCUT2D eigenvalue weighted by molar-refractivity contribution is 5.75. The molecule has 2 atom stereocenters. The van der Waals surface area contributed by atoms with Crippen LogP contribution in [0.5, 0.6) is 0 Å². The number of hydrogen-bond donors (Lipinski definition) is 1. The summed E-state index contributed by atoms with van der Waals surface area (Å²) in [5, 5.41) is 9.42. The summed E-state index contributed by atoms with van der Waals surface area (Å²) in [4.78, 5) is 10.6. The third-order valence-corrected chi connectivity index (χ3v) is 2.01. The maximum absolute atomic E-state index is 10.6. The van der Waals surface area contributed by atoms with E-state index in [0.29, 0.717) is 6.61 Å². The second-order valence-electron chi connectivity index (χ2n) is 3.10. The van der Waals surface area contributed by atoms with Gasteiger partial charge in [0.25, 0.3) is 0 Å². The Bertz CT molecular complexity index is 138. The molecule has 1 rings (SSSR count). The van der Waals surface area contributed by atoms with E-state index in [1.54, 1.807) is 0 Å². The highest BCUT2D eigenvalue weighted by Gasteiger charge is 2.24. The number of carbonyl (C=O) groups excluding carboxylic acids is 1. The summed E-state index contributed by atoms with van der Waals surface area (Å²) in [6, 6.07) is 0. The van der Waals surface area contributed by atoms with E-state index in [4.69, 9.17) is 4.74 Å². The van der Waals surface area contributed by atoms with Crippen molar-refractivity contribution in [3.63, 3.8) is 0 Å². The number of aliphatic hydroxyl groups is 1. The van der Waals surface area contributed by atoms with Gasteiger partial charge in [-0.1, -0.05) is 0 Å². The number of carbonyl (C=O) groups is 1. The smallest absolute Gasteiger partial charge is 0.132 e. The predicted molar refractivity (Wildman–Crippen MR) is 40.2 cm³/mol. The first-order chi connectivity index (χ1) is 5.20. The van der Waals surface area contributed by atoms with Gasteiger partial charge in [0.15, 0.2) is 0 Å². The molecule has 0 bridgehead atoms. The Balaban J connectivity index is 2.28. The first-order valence-electron chi connectivity index (χ1n) is 3.95. The minimum Gasteiger partial charge on any atom is -0.392 e. The molecule has 1 aliphatic heterocycles. The van der Waals surface area contributed by atoms with Crippen molar-refractivity contribution in [3.8, 4) is 0 Å². The molecule has 11 heavy (non-hydrogen) atoms. The first-order valence-corrected chi connectivity index (χ1v) is 3.95. The molecule has 1 saturated heterocycles. The van der Waals surface area contributed by atoms with Crippen molar-refractivity contribution >= 4 is 5.78 Å². The van der Waals surface area contributed by atoms with E-state index in [2.05, 4.69) is 0 Å². The van der Waals surface area contributed by atoms with Crippen LogP contribution >= 0.6 is 0 Å². The number of hydrogen-bond acceptors (Lipinski definition) is 3. The fourth-order valence-electron chi connectivity index (χ4n) is 1.32. The van der Waals surface area contributed by atoms with Crippen LogP contribution in [0.4, 0.5) is 0 Å². The molecular weight excluding hydrogens is 144 g/mol. The minimum atomic E-state index is -0.491. The Hall–Kier alpha value is -0.410. The molecule has 1 unspecified atom stereocenters. The zero-order chi connectivity index (χ0) is 8.27. The van der Waals surface area contributed by atoms with Gasteiger partial charge in [-0.25, -0.2) is 0 Å². The van der Waals surface area contributed by atoms with Gasteiger partial charge in [-0.15, -0.1) is 0 Å². The Kier molecular flexibility index (Phi) is 3.02. The lowest BCUT2D eigenvalue weighted by molar-refractivity contribution is -0.119. The van der Waals surface area contributed by atoms with E-state index in [1.165, 1.54) is 6.92 Å². The van der Waals surface area contributed by atoms with Crippen LogP contribution in [0, 0.1) is 5.92 Å². The highest BCUT2D eigenvalue weighted by Crippen LogP contribution is 2.18. The topological polar surface area (TPSA) is 46.5 Å². The average molecular weight is 158 g/mol. The second-order valence-corrected chi connectivity index (χ2v) is 3.10. The van der Waals surface area contributed by atoms with Crippen molar-refractivity contribution in [2.45, 2.75) is 25.9 Å². The molecule has 3 heteroatoms. The van der Waals surface area contributed by atoms with E-state index in [1.807, 2.05) is 0 Å². The summed E-state index contributed by atoms with van der Waals surface area (Å²) in [6.45, 7) is 2.83. The van der Waals surface area contributed by atoms with Crippen molar-refractivity contribution in [2.24, 2.45) is 5.92 Å². The maximum atomic E-state index is 10.6. The van der Waals surface area contributed by atoms with Crippen molar-refractivity contribution < 1.29 is 14.6 Å². The fraction of sp³-hybridized carbons (Fsp3) is 0.875. The third kappa shape index (κ3) is 2.60. The van der Waals surface area contributed by atoms with E-state index >= 15 is 0 Å². The largest absolute Gasteiger partial charge is 0.392 e. The van der Waals surface area contributed by atoms with Crippen LogP contribution in [0.1, 0.15) is 19.8 Å². The van der Waals surface area contributed by atoms with Crippen molar-refractivity contribution in [1.29, 1.82) is 0 Å². The van der Waals surface area contributed by atoms with Crippen molar-refractivity contribution in [2.75, 3.05) is 13.2 Å². The number of aliphatic hydroxyl groups excluding tert-OH is 1. The van der Waals surface area contributed by atoms with E-state index in [0.717, 1.165) is 13.0 Å². The summed E-state index contributed by atoms with van der Waals surface area (Å²) < 4.78 is 5.09. The molecule has 64 valence electrons. The molecule has 0 spiro atoms. The molecule has 0 aliphatic carbocycles. The van der Waals surface area contributed by atoms with E-state index < -0.39 is 6.10 Å². The normalized spacial score (nSPS) is 26.9. The number of Topliss-reactive ketones (excluding diaryl/α,β-unsaturated/α-hetero) is 1. The van der Waals surface area contributed by atoms with Crippen LogP contribution in [-0.2, 0) is 9.53 Å². The quantitative estimate of drug-likeness (QED) is 0.645. The summed E-state index contributed by atoms with van der Waals surface area (Å²) in [5.41, 5.74) is 0. The molecule has 3 nitrogen and oxygen atoms in total. The van der Waals surface area contributed by atoms with Crippen LogP contribution in [0.3, 0.4) is 0 Å². The van der Waals surface area contributed by atoms with Gasteiger partial charge in [0.1, 0.15) is 5.78 Å². The van der Waals surface area contributed by atoms with Gasteiger partial charge in [0, 0.05) is 18.9 Å². The standard InChI is InChI=1S/C8H14O3/c1-6(9)4-8(10)7-2-3-11-5-7/h7-8,10H,2-5H2,1H3/t7?,8-/m1/s1. The Labute approximate surface area is 66.4 Å². The molecule has 0 amide bonds. The van der Waals surface area contributed by atoms with Crippen LogP contribution in [0.15, 0.2) is 0 Å². The van der Waals surface area contributed by atoms with Gasteiger partial charge >= 0.3 is 0 Å². The lowest BCUT2D eigenvalue weighted by atomic mass is 9.98. The number of rotatable bonds is 3. The molecule has 1 fully saturated rings. The third-order valence-electron chi connectivity index (χ3n) is 2.01. The van der Waals surface area contributed by atoms with Gasteiger partial charge in [0.05, 0.1) is 12.7 Å². The van der Waals surface area contributed by atoms with Crippen LogP contribution in [0.2, 0.25) is 0 Å². The summed E-state index contributed by atoms with van der Waals surface area (Å²) >= 11 is 0. The van der Waals surface area contributed by atoms with E-state index in [-0.39, 0.29) is 18.1 Å². The minimum absolute atomic E-state index is 0.0457. The second kappa shape index (κ2) is 3.83. The monoisotopic (exact) mass is 158 g/mol. The van der Waals surface area contributed by atoms with Gasteiger partial charge in [-0.05, 0) is 13.3 Å². The van der Waals surface area contributed by atoms with Gasteiger partial charge in [0.2, 0.25) is 0 Å². The molecule has 1 heterocycles. The van der Waals surface area contributed by atoms with Crippen LogP contribution in [0.25, 0.3) is 0 Å². The Morgan fingerprint density at radius 3 is 3.00 bits per heavy atom. The lowest BCUT2D eigenvalue weighted by Crippen LogP contribution is -2.22.